The topological polar surface area (TPSA) is 90.4 Å². The molecule has 7 heteroatoms. The van der Waals surface area contributed by atoms with Crippen molar-refractivity contribution in [2.45, 2.75) is 13.0 Å². The van der Waals surface area contributed by atoms with Gasteiger partial charge in [0.2, 0.25) is 0 Å². The Morgan fingerprint density at radius 3 is 2.82 bits per heavy atom. The summed E-state index contributed by atoms with van der Waals surface area (Å²) in [4.78, 5) is 12.5. The summed E-state index contributed by atoms with van der Waals surface area (Å²) in [6, 6.07) is 4.57. The summed E-state index contributed by atoms with van der Waals surface area (Å²) in [6.07, 6.45) is 0. The molecule has 0 fully saturated rings. The quantitative estimate of drug-likeness (QED) is 0.615. The predicted molar refractivity (Wildman–Crippen MR) is 63.7 cm³/mol. The van der Waals surface area contributed by atoms with Crippen molar-refractivity contribution in [1.29, 1.82) is 5.26 Å². The van der Waals surface area contributed by atoms with Crippen LogP contribution in [-0.4, -0.2) is 34.6 Å². The van der Waals surface area contributed by atoms with Crippen LogP contribution in [0.25, 0.3) is 0 Å². The SMILES string of the molecule is CCN(CCO)C(C#N)c1ccc([N+](=O)[O-])s1. The molecule has 6 nitrogen and oxygen atoms in total. The maximum atomic E-state index is 10.6. The molecule has 0 saturated carbocycles. The molecule has 1 N–H and O–H groups in total. The van der Waals surface area contributed by atoms with Gasteiger partial charge in [0.05, 0.1) is 17.6 Å². The van der Waals surface area contributed by atoms with Crippen molar-refractivity contribution >= 4 is 16.3 Å². The highest BCUT2D eigenvalue weighted by atomic mass is 32.1. The molecule has 0 spiro atoms. The van der Waals surface area contributed by atoms with Crippen LogP contribution in [0.5, 0.6) is 0 Å². The van der Waals surface area contributed by atoms with E-state index >= 15 is 0 Å². The third-order valence-electron chi connectivity index (χ3n) is 2.34. The van der Waals surface area contributed by atoms with Crippen molar-refractivity contribution in [2.24, 2.45) is 0 Å². The first-order chi connectivity index (χ1) is 8.13. The molecule has 0 aliphatic rings. The van der Waals surface area contributed by atoms with Crippen LogP contribution in [0.1, 0.15) is 17.8 Å². The third-order valence-corrected chi connectivity index (χ3v) is 3.43. The fourth-order valence-electron chi connectivity index (χ4n) is 1.51. The zero-order valence-electron chi connectivity index (χ0n) is 9.37. The van der Waals surface area contributed by atoms with Gasteiger partial charge in [0.25, 0.3) is 0 Å². The summed E-state index contributed by atoms with van der Waals surface area (Å²) >= 11 is 0.998. The number of nitriles is 1. The van der Waals surface area contributed by atoms with Crippen molar-refractivity contribution < 1.29 is 10.0 Å². The van der Waals surface area contributed by atoms with Crippen molar-refractivity contribution in [2.75, 3.05) is 19.7 Å². The first kappa shape index (κ1) is 13.6. The van der Waals surface area contributed by atoms with E-state index in [9.17, 15) is 10.1 Å². The first-order valence-electron chi connectivity index (χ1n) is 5.12. The average Bonchev–Trinajstić information content (AvgIpc) is 2.78. The number of hydrogen-bond acceptors (Lipinski definition) is 6. The number of thiophene rings is 1. The monoisotopic (exact) mass is 255 g/mol. The van der Waals surface area contributed by atoms with Gasteiger partial charge in [0, 0.05) is 17.5 Å². The highest BCUT2D eigenvalue weighted by Crippen LogP contribution is 2.31. The lowest BCUT2D eigenvalue weighted by Crippen LogP contribution is -2.30. The Hall–Kier alpha value is -1.49. The van der Waals surface area contributed by atoms with Gasteiger partial charge in [-0.1, -0.05) is 18.3 Å². The maximum absolute atomic E-state index is 10.6. The van der Waals surface area contributed by atoms with Crippen LogP contribution in [0.15, 0.2) is 12.1 Å². The van der Waals surface area contributed by atoms with Crippen molar-refractivity contribution in [1.82, 2.24) is 4.90 Å². The zero-order chi connectivity index (χ0) is 12.8. The minimum Gasteiger partial charge on any atom is -0.395 e. The van der Waals surface area contributed by atoms with Crippen LogP contribution in [0.2, 0.25) is 0 Å². The molecule has 0 amide bonds. The van der Waals surface area contributed by atoms with E-state index in [0.29, 0.717) is 18.0 Å². The normalized spacial score (nSPS) is 12.4. The van der Waals surface area contributed by atoms with Crippen LogP contribution in [-0.2, 0) is 0 Å². The minimum atomic E-state index is -0.536. The van der Waals surface area contributed by atoms with Gasteiger partial charge in [0.15, 0.2) is 0 Å². The maximum Gasteiger partial charge on any atom is 0.324 e. The number of likely N-dealkylation sites (N-methyl/N-ethyl adjacent to an activating group) is 1. The Kier molecular flexibility index (Phi) is 5.03. The molecule has 1 aromatic heterocycles. The summed E-state index contributed by atoms with van der Waals surface area (Å²) in [5, 5.41) is 28.6. The number of nitro groups is 1. The summed E-state index contributed by atoms with van der Waals surface area (Å²) in [5.74, 6) is 0. The van der Waals surface area contributed by atoms with E-state index in [0.717, 1.165) is 11.3 Å². The molecular formula is C10H13N3O3S. The lowest BCUT2D eigenvalue weighted by atomic mass is 10.2. The Morgan fingerprint density at radius 1 is 1.71 bits per heavy atom. The van der Waals surface area contributed by atoms with Crippen LogP contribution in [0.3, 0.4) is 0 Å². The van der Waals surface area contributed by atoms with E-state index in [1.165, 1.54) is 6.07 Å². The summed E-state index contributed by atoms with van der Waals surface area (Å²) in [7, 11) is 0. The lowest BCUT2D eigenvalue weighted by Gasteiger charge is -2.23. The summed E-state index contributed by atoms with van der Waals surface area (Å²) in [6.45, 7) is 2.81. The van der Waals surface area contributed by atoms with Gasteiger partial charge < -0.3 is 5.11 Å². The minimum absolute atomic E-state index is 0.0281. The second-order valence-electron chi connectivity index (χ2n) is 3.32. The Bertz CT molecular complexity index is 427. The average molecular weight is 255 g/mol. The lowest BCUT2D eigenvalue weighted by molar-refractivity contribution is -0.380. The first-order valence-corrected chi connectivity index (χ1v) is 5.94. The highest BCUT2D eigenvalue weighted by molar-refractivity contribution is 7.15. The molecule has 0 aliphatic heterocycles. The van der Waals surface area contributed by atoms with Crippen LogP contribution in [0.4, 0.5) is 5.00 Å². The molecule has 1 rings (SSSR count). The zero-order valence-corrected chi connectivity index (χ0v) is 10.2. The van der Waals surface area contributed by atoms with Gasteiger partial charge >= 0.3 is 5.00 Å². The van der Waals surface area contributed by atoms with Gasteiger partial charge in [-0.3, -0.25) is 15.0 Å². The number of nitrogens with zero attached hydrogens (tertiary/aromatic N) is 3. The van der Waals surface area contributed by atoms with Crippen molar-refractivity contribution in [3.63, 3.8) is 0 Å². The van der Waals surface area contributed by atoms with Crippen molar-refractivity contribution in [3.8, 4) is 6.07 Å². The van der Waals surface area contributed by atoms with Crippen LogP contribution >= 0.6 is 11.3 Å². The van der Waals surface area contributed by atoms with E-state index in [1.807, 2.05) is 6.92 Å². The van der Waals surface area contributed by atoms with Crippen molar-refractivity contribution in [3.05, 3.63) is 27.1 Å². The smallest absolute Gasteiger partial charge is 0.324 e. The molecule has 0 aliphatic carbocycles. The van der Waals surface area contributed by atoms with E-state index in [4.69, 9.17) is 10.4 Å². The largest absolute Gasteiger partial charge is 0.395 e. The summed E-state index contributed by atoms with van der Waals surface area (Å²) < 4.78 is 0. The van der Waals surface area contributed by atoms with Gasteiger partial charge in [-0.05, 0) is 12.6 Å². The van der Waals surface area contributed by atoms with Crippen LogP contribution < -0.4 is 0 Å². The predicted octanol–water partition coefficient (Wildman–Crippen LogP) is 1.54. The molecule has 92 valence electrons. The molecule has 1 aromatic rings. The standard InChI is InChI=1S/C10H13N3O3S/c1-2-12(5-6-14)8(7-11)9-3-4-10(17-9)13(15)16/h3-4,8,14H,2,5-6H2,1H3. The molecular weight excluding hydrogens is 242 g/mol. The third kappa shape index (κ3) is 3.23. The van der Waals surface area contributed by atoms with E-state index < -0.39 is 11.0 Å². The van der Waals surface area contributed by atoms with Gasteiger partial charge in [-0.2, -0.15) is 5.26 Å². The van der Waals surface area contributed by atoms with E-state index in [-0.39, 0.29) is 11.6 Å². The van der Waals surface area contributed by atoms with E-state index in [2.05, 4.69) is 6.07 Å². The molecule has 1 unspecified atom stereocenters. The molecule has 0 saturated heterocycles. The molecule has 0 radical (unpaired) electrons. The molecule has 0 bridgehead atoms. The van der Waals surface area contributed by atoms with E-state index in [1.54, 1.807) is 11.0 Å². The highest BCUT2D eigenvalue weighted by Gasteiger charge is 2.22. The number of aliphatic hydroxyl groups is 1. The Morgan fingerprint density at radius 2 is 2.41 bits per heavy atom. The Labute approximate surface area is 103 Å². The fourth-order valence-corrected chi connectivity index (χ4v) is 2.41. The fraction of sp³-hybridized carbons (Fsp3) is 0.500. The van der Waals surface area contributed by atoms with Crippen LogP contribution in [0, 0.1) is 21.4 Å². The molecule has 0 aromatic carbocycles. The van der Waals surface area contributed by atoms with Gasteiger partial charge in [0.1, 0.15) is 6.04 Å². The van der Waals surface area contributed by atoms with Gasteiger partial charge in [-0.25, -0.2) is 0 Å². The molecule has 1 atom stereocenters. The Balaban J connectivity index is 2.92. The number of hydrogen-bond donors (Lipinski definition) is 1. The molecule has 17 heavy (non-hydrogen) atoms. The number of aliphatic hydroxyl groups excluding tert-OH is 1. The second kappa shape index (κ2) is 6.30. The second-order valence-corrected chi connectivity index (χ2v) is 4.41. The molecule has 1 heterocycles. The number of rotatable bonds is 6. The van der Waals surface area contributed by atoms with Gasteiger partial charge in [-0.15, -0.1) is 0 Å². The summed E-state index contributed by atoms with van der Waals surface area (Å²) in [5.41, 5.74) is 0.